The van der Waals surface area contributed by atoms with Crippen molar-refractivity contribution in [3.63, 3.8) is 0 Å². The third kappa shape index (κ3) is 8.42. The monoisotopic (exact) mass is 703 g/mol. The van der Waals surface area contributed by atoms with Crippen molar-refractivity contribution in [2.45, 2.75) is 45.2 Å². The first kappa shape index (κ1) is 34.4. The Hall–Kier alpha value is -4.42. The minimum absolute atomic E-state index is 0.0402. The fourth-order valence-electron chi connectivity index (χ4n) is 5.86. The molecule has 1 saturated carbocycles. The lowest BCUT2D eigenvalue weighted by molar-refractivity contribution is 0.201. The summed E-state index contributed by atoms with van der Waals surface area (Å²) in [5.41, 5.74) is 6.48. The van der Waals surface area contributed by atoms with Crippen LogP contribution in [0.25, 0.3) is 28.1 Å². The topological polar surface area (TPSA) is 134 Å². The van der Waals surface area contributed by atoms with Crippen molar-refractivity contribution in [2.24, 2.45) is 0 Å². The van der Waals surface area contributed by atoms with Gasteiger partial charge < -0.3 is 30.7 Å². The zero-order valence-corrected chi connectivity index (χ0v) is 28.9. The van der Waals surface area contributed by atoms with E-state index in [0.29, 0.717) is 24.0 Å². The Morgan fingerprint density at radius 1 is 1.00 bits per heavy atom. The smallest absolute Gasteiger partial charge is 0.323 e. The molecule has 11 nitrogen and oxygen atoms in total. The number of amides is 2. The van der Waals surface area contributed by atoms with Gasteiger partial charge in [0.15, 0.2) is 0 Å². The van der Waals surface area contributed by atoms with Crippen LogP contribution >= 0.6 is 23.2 Å². The fourth-order valence-corrected chi connectivity index (χ4v) is 6.32. The number of benzene rings is 2. The number of aliphatic hydroxyl groups is 1. The first-order valence-corrected chi connectivity index (χ1v) is 17.1. The molecule has 256 valence electrons. The van der Waals surface area contributed by atoms with Crippen molar-refractivity contribution in [3.05, 3.63) is 92.5 Å². The van der Waals surface area contributed by atoms with Crippen LogP contribution in [0.5, 0.6) is 5.75 Å². The Labute approximate surface area is 294 Å². The number of urea groups is 1. The van der Waals surface area contributed by atoms with E-state index >= 15 is 0 Å². The van der Waals surface area contributed by atoms with Gasteiger partial charge in [-0.2, -0.15) is 5.10 Å². The number of anilines is 2. The molecule has 1 saturated heterocycles. The highest BCUT2D eigenvalue weighted by Gasteiger charge is 2.25. The highest BCUT2D eigenvalue weighted by Crippen LogP contribution is 2.39. The van der Waals surface area contributed by atoms with E-state index in [2.05, 4.69) is 44.0 Å². The van der Waals surface area contributed by atoms with E-state index in [0.717, 1.165) is 61.0 Å². The normalized spacial score (nSPS) is 14.8. The molecule has 2 aromatic heterocycles. The van der Waals surface area contributed by atoms with Gasteiger partial charge in [-0.15, -0.1) is 0 Å². The van der Waals surface area contributed by atoms with Gasteiger partial charge in [0.25, 0.3) is 5.56 Å². The van der Waals surface area contributed by atoms with Gasteiger partial charge in [0.05, 0.1) is 28.0 Å². The summed E-state index contributed by atoms with van der Waals surface area (Å²) in [6, 6.07) is 15.3. The Kier molecular flexibility index (Phi) is 10.8. The molecule has 6 rings (SSSR count). The van der Waals surface area contributed by atoms with E-state index < -0.39 is 11.6 Å². The molecule has 49 heavy (non-hydrogen) atoms. The van der Waals surface area contributed by atoms with Gasteiger partial charge in [-0.25, -0.2) is 9.48 Å². The average molecular weight is 705 g/mol. The molecule has 2 fully saturated rings. The van der Waals surface area contributed by atoms with Crippen molar-refractivity contribution in [1.29, 1.82) is 0 Å². The molecule has 1 aliphatic heterocycles. The van der Waals surface area contributed by atoms with Crippen molar-refractivity contribution in [2.75, 3.05) is 44.0 Å². The molecule has 4 N–H and O–H groups in total. The van der Waals surface area contributed by atoms with Crippen LogP contribution in [-0.4, -0.2) is 70.2 Å². The van der Waals surface area contributed by atoms with Crippen LogP contribution in [0.1, 0.15) is 38.2 Å². The lowest BCUT2D eigenvalue weighted by Crippen LogP contribution is -2.40. The van der Waals surface area contributed by atoms with E-state index in [-0.39, 0.29) is 34.6 Å². The number of pyridine rings is 1. The lowest BCUT2D eigenvalue weighted by Gasteiger charge is -2.31. The number of hydrogen-bond acceptors (Lipinski definition) is 8. The number of aromatic nitrogens is 3. The number of carbonyl (C=O) groups excluding carboxylic acids is 1. The highest BCUT2D eigenvalue weighted by molar-refractivity contribution is 6.39. The van der Waals surface area contributed by atoms with Gasteiger partial charge in [0.1, 0.15) is 18.0 Å². The summed E-state index contributed by atoms with van der Waals surface area (Å²) in [6.07, 6.45) is 7.02. The highest BCUT2D eigenvalue weighted by atomic mass is 35.5. The van der Waals surface area contributed by atoms with Gasteiger partial charge >= 0.3 is 6.03 Å². The maximum absolute atomic E-state index is 13.2. The van der Waals surface area contributed by atoms with Crippen LogP contribution in [0.15, 0.2) is 71.3 Å². The summed E-state index contributed by atoms with van der Waals surface area (Å²) in [7, 11) is 2.16. The molecule has 0 radical (unpaired) electrons. The molecule has 2 aromatic carbocycles. The number of nitrogens with one attached hydrogen (secondary N) is 3. The van der Waals surface area contributed by atoms with E-state index in [1.807, 2.05) is 36.4 Å². The molecular formula is C36H39Cl2N7O4. The standard InChI is InChI=1S/C36H39Cl2N7O4/c1-3-45-35(47)32(41-36(48)42-34-29(37)20-39-21-30(34)38)19-31(43-45)24-6-4-5-23(15-24)25-16-26(18-28(17-25)49-14-13-46)33(22-7-8-22)40-27-9-11-44(2)12-10-27/h4-6,15-21,27,40,46H,3,7-14H2,1-2H3,(H2,39,41,42,48). The second kappa shape index (κ2) is 15.4. The third-order valence-corrected chi connectivity index (χ3v) is 9.15. The van der Waals surface area contributed by atoms with Crippen molar-refractivity contribution in [3.8, 4) is 28.1 Å². The molecule has 4 aromatic rings. The number of hydrogen-bond donors (Lipinski definition) is 4. The zero-order valence-electron chi connectivity index (χ0n) is 27.4. The van der Waals surface area contributed by atoms with Gasteiger partial charge in [0, 0.05) is 41.8 Å². The average Bonchev–Trinajstić information content (AvgIpc) is 3.95. The summed E-state index contributed by atoms with van der Waals surface area (Å²) in [5, 5.41) is 23.5. The van der Waals surface area contributed by atoms with Crippen LogP contribution in [0.3, 0.4) is 0 Å². The number of piperidine rings is 1. The Balaban J connectivity index is 1.32. The van der Waals surface area contributed by atoms with Crippen molar-refractivity contribution in [1.82, 2.24) is 25.0 Å². The molecule has 0 unspecified atom stereocenters. The number of rotatable bonds is 11. The van der Waals surface area contributed by atoms with E-state index in [1.54, 1.807) is 13.0 Å². The lowest BCUT2D eigenvalue weighted by atomic mass is 9.97. The number of likely N-dealkylation sites (tertiary alicyclic amines) is 1. The molecule has 0 atom stereocenters. The summed E-state index contributed by atoms with van der Waals surface area (Å²) in [6.45, 7) is 4.31. The molecule has 2 aliphatic rings. The summed E-state index contributed by atoms with van der Waals surface area (Å²) >= 11 is 12.3. The number of nitrogens with zero attached hydrogens (tertiary/aromatic N) is 4. The Morgan fingerprint density at radius 3 is 2.43 bits per heavy atom. The quantitative estimate of drug-likeness (QED) is 0.139. The van der Waals surface area contributed by atoms with Gasteiger partial charge in [-0.05, 0) is 99.8 Å². The second-order valence-electron chi connectivity index (χ2n) is 12.2. The van der Waals surface area contributed by atoms with E-state index in [4.69, 9.17) is 27.9 Å². The summed E-state index contributed by atoms with van der Waals surface area (Å²) in [4.78, 5) is 32.4. The SMILES string of the molecule is CCn1nc(-c2cccc(-c3cc(OCCO)cc(C(NC4CCN(C)CC4)=C4CC4)c3)c2)cc(NC(=O)Nc2c(Cl)cncc2Cl)c1=O. The molecule has 3 heterocycles. The van der Waals surface area contributed by atoms with Crippen LogP contribution in [-0.2, 0) is 6.54 Å². The van der Waals surface area contributed by atoms with E-state index in [1.165, 1.54) is 28.3 Å². The number of aliphatic hydroxyl groups excluding tert-OH is 1. The summed E-state index contributed by atoms with van der Waals surface area (Å²) < 4.78 is 7.26. The maximum Gasteiger partial charge on any atom is 0.323 e. The predicted molar refractivity (Wildman–Crippen MR) is 194 cm³/mol. The maximum atomic E-state index is 13.2. The number of ether oxygens (including phenoxy) is 1. The van der Waals surface area contributed by atoms with Gasteiger partial charge in [0.2, 0.25) is 0 Å². The van der Waals surface area contributed by atoms with Crippen LogP contribution in [0.4, 0.5) is 16.2 Å². The minimum Gasteiger partial charge on any atom is -0.491 e. The zero-order chi connectivity index (χ0) is 34.5. The molecule has 1 aliphatic carbocycles. The first-order valence-electron chi connectivity index (χ1n) is 16.4. The molecule has 0 bridgehead atoms. The number of halogens is 2. The first-order chi connectivity index (χ1) is 23.7. The number of carbonyl (C=O) groups is 1. The van der Waals surface area contributed by atoms with E-state index in [9.17, 15) is 14.7 Å². The molecular weight excluding hydrogens is 665 g/mol. The van der Waals surface area contributed by atoms with Crippen LogP contribution in [0.2, 0.25) is 10.0 Å². The van der Waals surface area contributed by atoms with Gasteiger partial charge in [-0.1, -0.05) is 41.4 Å². The van der Waals surface area contributed by atoms with Crippen LogP contribution < -0.4 is 26.2 Å². The number of allylic oxidation sites excluding steroid dienone is 1. The predicted octanol–water partition coefficient (Wildman–Crippen LogP) is 6.50. The molecule has 2 amide bonds. The largest absolute Gasteiger partial charge is 0.491 e. The Morgan fingerprint density at radius 2 is 1.73 bits per heavy atom. The fraction of sp³-hybridized carbons (Fsp3) is 0.333. The summed E-state index contributed by atoms with van der Waals surface area (Å²) in [5.74, 6) is 0.667. The number of aryl methyl sites for hydroxylation is 1. The van der Waals surface area contributed by atoms with Gasteiger partial charge in [-0.3, -0.25) is 9.78 Å². The second-order valence-corrected chi connectivity index (χ2v) is 13.0. The Bertz CT molecular complexity index is 1910. The molecule has 13 heteroatoms. The van der Waals surface area contributed by atoms with Crippen molar-refractivity contribution < 1.29 is 14.6 Å². The van der Waals surface area contributed by atoms with Crippen LogP contribution in [0, 0.1) is 0 Å². The molecule has 0 spiro atoms. The third-order valence-electron chi connectivity index (χ3n) is 8.58. The minimum atomic E-state index is -0.692. The van der Waals surface area contributed by atoms with Crippen molar-refractivity contribution >= 4 is 46.3 Å².